The van der Waals surface area contributed by atoms with E-state index in [9.17, 15) is 13.2 Å². The zero-order valence-corrected chi connectivity index (χ0v) is 20.0. The maximum absolute atomic E-state index is 13.2. The van der Waals surface area contributed by atoms with E-state index in [4.69, 9.17) is 9.47 Å². The standard InChI is InChI=1S/C24H29N3O5S/c1-24(2,3)23-25-13-20(21(26-23)32-18-7-5-4-6-8-18)22(28)27-14-17(15-27)16-33(29,30)19-9-11-31-12-10-19/h4-8,13,16,19H,9-12,14-15H2,1-3H3. The minimum Gasteiger partial charge on any atom is -0.438 e. The maximum Gasteiger partial charge on any atom is 0.261 e. The molecule has 0 N–H and O–H groups in total. The van der Waals surface area contributed by atoms with Crippen LogP contribution in [-0.4, -0.2) is 60.7 Å². The second kappa shape index (κ2) is 9.23. The van der Waals surface area contributed by atoms with E-state index >= 15 is 0 Å². The highest BCUT2D eigenvalue weighted by atomic mass is 32.2. The first kappa shape index (κ1) is 23.4. The van der Waals surface area contributed by atoms with Crippen LogP contribution in [0.1, 0.15) is 49.8 Å². The van der Waals surface area contributed by atoms with Crippen LogP contribution in [0.2, 0.25) is 0 Å². The van der Waals surface area contributed by atoms with E-state index in [-0.39, 0.29) is 35.9 Å². The second-order valence-electron chi connectivity index (χ2n) is 9.42. The van der Waals surface area contributed by atoms with Crippen LogP contribution < -0.4 is 4.74 Å². The zero-order chi connectivity index (χ0) is 23.6. The normalized spacial score (nSPS) is 17.4. The van der Waals surface area contributed by atoms with E-state index < -0.39 is 15.1 Å². The second-order valence-corrected chi connectivity index (χ2v) is 11.5. The van der Waals surface area contributed by atoms with Crippen molar-refractivity contribution in [3.8, 4) is 11.6 Å². The van der Waals surface area contributed by atoms with Crippen LogP contribution >= 0.6 is 0 Å². The summed E-state index contributed by atoms with van der Waals surface area (Å²) in [5, 5.41) is 0.931. The Labute approximate surface area is 194 Å². The average molecular weight is 472 g/mol. The lowest BCUT2D eigenvalue weighted by atomic mass is 9.95. The number of hydrogen-bond acceptors (Lipinski definition) is 7. The van der Waals surface area contributed by atoms with Crippen molar-refractivity contribution in [3.05, 3.63) is 58.9 Å². The van der Waals surface area contributed by atoms with Gasteiger partial charge in [0.1, 0.15) is 17.1 Å². The summed E-state index contributed by atoms with van der Waals surface area (Å²) in [5.41, 5.74) is 0.646. The molecule has 2 fully saturated rings. The number of sulfone groups is 1. The summed E-state index contributed by atoms with van der Waals surface area (Å²) >= 11 is 0. The number of rotatable bonds is 5. The van der Waals surface area contributed by atoms with Gasteiger partial charge in [0.05, 0.1) is 5.25 Å². The van der Waals surface area contributed by atoms with Crippen molar-refractivity contribution in [1.82, 2.24) is 14.9 Å². The molecule has 1 aromatic carbocycles. The summed E-state index contributed by atoms with van der Waals surface area (Å²) in [7, 11) is -3.36. The van der Waals surface area contributed by atoms with Gasteiger partial charge < -0.3 is 14.4 Å². The molecule has 33 heavy (non-hydrogen) atoms. The van der Waals surface area contributed by atoms with Crippen molar-refractivity contribution >= 4 is 15.7 Å². The lowest BCUT2D eigenvalue weighted by Crippen LogP contribution is -2.45. The molecule has 2 aliphatic rings. The van der Waals surface area contributed by atoms with Crippen LogP contribution in [0.3, 0.4) is 0 Å². The molecule has 0 radical (unpaired) electrons. The van der Waals surface area contributed by atoms with Gasteiger partial charge in [0, 0.05) is 43.3 Å². The van der Waals surface area contributed by atoms with Crippen LogP contribution in [0.5, 0.6) is 11.6 Å². The minimum absolute atomic E-state index is 0.193. The van der Waals surface area contributed by atoms with Crippen molar-refractivity contribution < 1.29 is 22.7 Å². The fourth-order valence-corrected chi connectivity index (χ4v) is 5.37. The van der Waals surface area contributed by atoms with E-state index in [2.05, 4.69) is 9.97 Å². The van der Waals surface area contributed by atoms with E-state index in [1.807, 2.05) is 39.0 Å². The number of hydrogen-bond donors (Lipinski definition) is 0. The third kappa shape index (κ3) is 5.42. The molecule has 0 bridgehead atoms. The van der Waals surface area contributed by atoms with Crippen LogP contribution in [0, 0.1) is 0 Å². The van der Waals surface area contributed by atoms with Gasteiger partial charge in [0.25, 0.3) is 5.91 Å². The first-order valence-corrected chi connectivity index (χ1v) is 12.7. The molecule has 0 atom stereocenters. The first-order chi connectivity index (χ1) is 15.6. The maximum atomic E-state index is 13.2. The van der Waals surface area contributed by atoms with Crippen molar-refractivity contribution in [1.29, 1.82) is 0 Å². The molecule has 3 heterocycles. The summed E-state index contributed by atoms with van der Waals surface area (Å²) in [5.74, 6) is 1.04. The molecule has 9 heteroatoms. The number of nitrogens with zero attached hydrogens (tertiary/aromatic N) is 3. The van der Waals surface area contributed by atoms with Gasteiger partial charge in [-0.2, -0.15) is 4.98 Å². The Balaban J connectivity index is 1.52. The van der Waals surface area contributed by atoms with E-state index in [1.165, 1.54) is 11.6 Å². The molecule has 2 saturated heterocycles. The third-order valence-corrected chi connectivity index (χ3v) is 7.71. The van der Waals surface area contributed by atoms with E-state index in [1.54, 1.807) is 17.0 Å². The molecule has 4 rings (SSSR count). The van der Waals surface area contributed by atoms with Gasteiger partial charge in [-0.1, -0.05) is 39.0 Å². The Morgan fingerprint density at radius 3 is 2.45 bits per heavy atom. The predicted octanol–water partition coefficient (Wildman–Crippen LogP) is 3.50. The Hall–Kier alpha value is -2.78. The quantitative estimate of drug-likeness (QED) is 0.658. The van der Waals surface area contributed by atoms with Crippen molar-refractivity contribution in [2.75, 3.05) is 26.3 Å². The molecule has 0 unspecified atom stereocenters. The first-order valence-electron chi connectivity index (χ1n) is 11.0. The molecule has 1 aromatic heterocycles. The van der Waals surface area contributed by atoms with Gasteiger partial charge >= 0.3 is 0 Å². The number of ether oxygens (including phenoxy) is 2. The lowest BCUT2D eigenvalue weighted by molar-refractivity contribution is 0.0723. The number of likely N-dealkylation sites (tertiary alicyclic amines) is 1. The van der Waals surface area contributed by atoms with Gasteiger partial charge in [-0.05, 0) is 30.5 Å². The van der Waals surface area contributed by atoms with Gasteiger partial charge in [-0.25, -0.2) is 13.4 Å². The van der Waals surface area contributed by atoms with Crippen LogP contribution in [-0.2, 0) is 20.0 Å². The number of aromatic nitrogens is 2. The fraction of sp³-hybridized carbons (Fsp3) is 0.458. The monoisotopic (exact) mass is 471 g/mol. The SMILES string of the molecule is CC(C)(C)c1ncc(C(=O)N2CC(=CS(=O)(=O)C3CCOCC3)C2)c(Oc2ccccc2)n1. The van der Waals surface area contributed by atoms with Crippen LogP contribution in [0.15, 0.2) is 47.5 Å². The average Bonchev–Trinajstić information content (AvgIpc) is 2.76. The highest BCUT2D eigenvalue weighted by molar-refractivity contribution is 7.94. The van der Waals surface area contributed by atoms with Gasteiger partial charge in [-0.15, -0.1) is 0 Å². The zero-order valence-electron chi connectivity index (χ0n) is 19.2. The lowest BCUT2D eigenvalue weighted by Gasteiger charge is -2.34. The Morgan fingerprint density at radius 1 is 1.15 bits per heavy atom. The Bertz CT molecular complexity index is 1140. The molecular formula is C24H29N3O5S. The largest absolute Gasteiger partial charge is 0.438 e. The summed E-state index contributed by atoms with van der Waals surface area (Å²) in [6.07, 6.45) is 2.51. The van der Waals surface area contributed by atoms with Gasteiger partial charge in [-0.3, -0.25) is 4.79 Å². The molecule has 176 valence electrons. The Morgan fingerprint density at radius 2 is 1.82 bits per heavy atom. The summed E-state index contributed by atoms with van der Waals surface area (Å²) in [6, 6.07) is 9.14. The van der Waals surface area contributed by atoms with Crippen molar-refractivity contribution in [3.63, 3.8) is 0 Å². The Kier molecular flexibility index (Phi) is 6.54. The van der Waals surface area contributed by atoms with Gasteiger partial charge in [0.15, 0.2) is 9.84 Å². The van der Waals surface area contributed by atoms with Gasteiger partial charge in [0.2, 0.25) is 5.88 Å². The molecule has 8 nitrogen and oxygen atoms in total. The molecule has 1 amide bonds. The number of para-hydroxylation sites is 1. The molecule has 2 aliphatic heterocycles. The smallest absolute Gasteiger partial charge is 0.261 e. The van der Waals surface area contributed by atoms with E-state index in [0.29, 0.717) is 43.2 Å². The highest BCUT2D eigenvalue weighted by Gasteiger charge is 2.33. The van der Waals surface area contributed by atoms with Crippen LogP contribution in [0.4, 0.5) is 0 Å². The van der Waals surface area contributed by atoms with Crippen molar-refractivity contribution in [2.45, 2.75) is 44.3 Å². The number of carbonyl (C=O) groups excluding carboxylic acids is 1. The summed E-state index contributed by atoms with van der Waals surface area (Å²) < 4.78 is 36.5. The van der Waals surface area contributed by atoms with Crippen LogP contribution in [0.25, 0.3) is 0 Å². The minimum atomic E-state index is -3.36. The fourth-order valence-electron chi connectivity index (χ4n) is 3.72. The predicted molar refractivity (Wildman–Crippen MR) is 124 cm³/mol. The summed E-state index contributed by atoms with van der Waals surface area (Å²) in [6.45, 7) is 7.41. The molecule has 0 aliphatic carbocycles. The molecular weight excluding hydrogens is 442 g/mol. The third-order valence-electron chi connectivity index (χ3n) is 5.65. The molecule has 0 saturated carbocycles. The highest BCUT2D eigenvalue weighted by Crippen LogP contribution is 2.30. The molecule has 2 aromatic rings. The van der Waals surface area contributed by atoms with E-state index in [0.717, 1.165) is 0 Å². The number of carbonyl (C=O) groups is 1. The summed E-state index contributed by atoms with van der Waals surface area (Å²) in [4.78, 5) is 23.7. The number of amides is 1. The number of benzene rings is 1. The molecule has 0 spiro atoms. The van der Waals surface area contributed by atoms with Crippen molar-refractivity contribution in [2.24, 2.45) is 0 Å². The topological polar surface area (TPSA) is 98.7 Å².